The van der Waals surface area contributed by atoms with Gasteiger partial charge in [0.05, 0.1) is 12.5 Å². The topological polar surface area (TPSA) is 92.1 Å². The van der Waals surface area contributed by atoms with Crippen molar-refractivity contribution in [1.29, 1.82) is 0 Å². The van der Waals surface area contributed by atoms with Crippen LogP contribution in [0.4, 0.5) is 0 Å². The van der Waals surface area contributed by atoms with Crippen molar-refractivity contribution < 1.29 is 8.42 Å². The van der Waals surface area contributed by atoms with Gasteiger partial charge in [-0.05, 0) is 25.3 Å². The second kappa shape index (κ2) is 5.81. The van der Waals surface area contributed by atoms with E-state index in [1.165, 1.54) is 16.8 Å². The number of aromatic amines is 1. The minimum Gasteiger partial charge on any atom is -0.335 e. The van der Waals surface area contributed by atoms with Crippen LogP contribution >= 0.6 is 12.4 Å². The number of rotatable bonds is 3. The highest BCUT2D eigenvalue weighted by atomic mass is 35.5. The highest BCUT2D eigenvalue weighted by molar-refractivity contribution is 7.89. The molecule has 0 aromatic carbocycles. The third-order valence-electron chi connectivity index (χ3n) is 3.00. The number of piperidine rings is 1. The van der Waals surface area contributed by atoms with Gasteiger partial charge in [-0.15, -0.1) is 12.4 Å². The van der Waals surface area contributed by atoms with E-state index in [4.69, 9.17) is 5.73 Å². The molecule has 0 radical (unpaired) electrons. The number of nitrogens with one attached hydrogen (secondary N) is 1. The molecule has 0 amide bonds. The Kier molecular flexibility index (Phi) is 4.93. The number of halogens is 1. The Morgan fingerprint density at radius 1 is 1.47 bits per heavy atom. The first-order valence-electron chi connectivity index (χ1n) is 5.33. The van der Waals surface area contributed by atoms with E-state index < -0.39 is 10.0 Å². The van der Waals surface area contributed by atoms with Crippen molar-refractivity contribution in [3.05, 3.63) is 12.5 Å². The monoisotopic (exact) mass is 280 g/mol. The van der Waals surface area contributed by atoms with Crippen LogP contribution in [-0.4, -0.2) is 42.3 Å². The Balaban J connectivity index is 0.00000144. The summed E-state index contributed by atoms with van der Waals surface area (Å²) >= 11 is 0. The van der Waals surface area contributed by atoms with Gasteiger partial charge in [0.2, 0.25) is 0 Å². The molecule has 1 aromatic heterocycles. The van der Waals surface area contributed by atoms with Gasteiger partial charge in [-0.2, -0.15) is 4.31 Å². The first-order chi connectivity index (χ1) is 7.64. The average molecular weight is 281 g/mol. The highest BCUT2D eigenvalue weighted by Gasteiger charge is 2.29. The van der Waals surface area contributed by atoms with Crippen LogP contribution in [0.2, 0.25) is 0 Å². The van der Waals surface area contributed by atoms with Crippen molar-refractivity contribution in [1.82, 2.24) is 14.3 Å². The lowest BCUT2D eigenvalue weighted by atomic mass is 9.99. The average Bonchev–Trinajstić information content (AvgIpc) is 2.83. The Bertz CT molecular complexity index is 426. The molecule has 1 fully saturated rings. The quantitative estimate of drug-likeness (QED) is 0.827. The van der Waals surface area contributed by atoms with E-state index in [2.05, 4.69) is 9.97 Å². The first kappa shape index (κ1) is 14.4. The molecule has 0 saturated carbocycles. The zero-order chi connectivity index (χ0) is 11.6. The Hall–Kier alpha value is -0.630. The molecule has 0 atom stereocenters. The second-order valence-electron chi connectivity index (χ2n) is 4.00. The molecule has 1 saturated heterocycles. The van der Waals surface area contributed by atoms with Crippen LogP contribution in [0.15, 0.2) is 17.6 Å². The summed E-state index contributed by atoms with van der Waals surface area (Å²) in [6, 6.07) is 0. The number of imidazole rings is 1. The molecule has 6 nitrogen and oxygen atoms in total. The van der Waals surface area contributed by atoms with Gasteiger partial charge in [0, 0.05) is 13.1 Å². The molecule has 1 aliphatic heterocycles. The van der Waals surface area contributed by atoms with Crippen LogP contribution in [0.5, 0.6) is 0 Å². The van der Waals surface area contributed by atoms with Crippen molar-refractivity contribution in [2.75, 3.05) is 19.6 Å². The summed E-state index contributed by atoms with van der Waals surface area (Å²) in [7, 11) is -3.38. The van der Waals surface area contributed by atoms with E-state index in [0.717, 1.165) is 12.8 Å². The van der Waals surface area contributed by atoms with E-state index in [1.807, 2.05) is 0 Å². The zero-order valence-electron chi connectivity index (χ0n) is 9.37. The van der Waals surface area contributed by atoms with E-state index in [9.17, 15) is 8.42 Å². The third-order valence-corrected chi connectivity index (χ3v) is 4.82. The van der Waals surface area contributed by atoms with Gasteiger partial charge in [0.25, 0.3) is 10.0 Å². The summed E-state index contributed by atoms with van der Waals surface area (Å²) in [4.78, 5) is 6.37. The van der Waals surface area contributed by atoms with Crippen molar-refractivity contribution in [3.8, 4) is 0 Å². The second-order valence-corrected chi connectivity index (χ2v) is 5.91. The highest BCUT2D eigenvalue weighted by Crippen LogP contribution is 2.21. The normalized spacial score (nSPS) is 18.9. The molecule has 0 unspecified atom stereocenters. The maximum absolute atomic E-state index is 12.1. The molecule has 2 heterocycles. The number of hydrogen-bond donors (Lipinski definition) is 2. The minimum absolute atomic E-state index is 0. The number of aromatic nitrogens is 2. The molecule has 0 spiro atoms. The Morgan fingerprint density at radius 3 is 2.59 bits per heavy atom. The predicted molar refractivity (Wildman–Crippen MR) is 66.4 cm³/mol. The fourth-order valence-corrected chi connectivity index (χ4v) is 3.27. The van der Waals surface area contributed by atoms with Crippen LogP contribution in [-0.2, 0) is 10.0 Å². The summed E-state index contributed by atoms with van der Waals surface area (Å²) in [6.07, 6.45) is 4.39. The number of nitrogens with two attached hydrogens (primary N) is 1. The lowest BCUT2D eigenvalue weighted by Crippen LogP contribution is -2.40. The van der Waals surface area contributed by atoms with Gasteiger partial charge < -0.3 is 10.7 Å². The van der Waals surface area contributed by atoms with E-state index in [0.29, 0.717) is 25.6 Å². The summed E-state index contributed by atoms with van der Waals surface area (Å²) in [5, 5.41) is 0.165. The molecule has 1 aromatic rings. The first-order valence-corrected chi connectivity index (χ1v) is 6.77. The summed E-state index contributed by atoms with van der Waals surface area (Å²) in [5.74, 6) is 0.452. The number of hydrogen-bond acceptors (Lipinski definition) is 4. The molecular weight excluding hydrogens is 264 g/mol. The molecule has 0 bridgehead atoms. The SMILES string of the molecule is Cl.NCC1CCN(S(=O)(=O)c2cnc[nH]2)CC1. The Morgan fingerprint density at radius 2 is 2.12 bits per heavy atom. The fraction of sp³-hybridized carbons (Fsp3) is 0.667. The van der Waals surface area contributed by atoms with Crippen LogP contribution in [0.25, 0.3) is 0 Å². The van der Waals surface area contributed by atoms with Gasteiger partial charge in [-0.25, -0.2) is 13.4 Å². The standard InChI is InChI=1S/C9H16N4O2S.ClH/c10-5-8-1-3-13(4-2-8)16(14,15)9-6-11-7-12-9;/h6-8H,1-5,10H2,(H,11,12);1H. The summed E-state index contributed by atoms with van der Waals surface area (Å²) in [5.41, 5.74) is 5.57. The molecule has 1 aliphatic rings. The summed E-state index contributed by atoms with van der Waals surface area (Å²) in [6.45, 7) is 1.73. The third kappa shape index (κ3) is 2.98. The number of nitrogens with zero attached hydrogens (tertiary/aromatic N) is 2. The maximum atomic E-state index is 12.1. The van der Waals surface area contributed by atoms with Crippen LogP contribution in [0.1, 0.15) is 12.8 Å². The fourth-order valence-electron chi connectivity index (χ4n) is 1.91. The molecule has 8 heteroatoms. The van der Waals surface area contributed by atoms with Crippen molar-refractivity contribution in [2.24, 2.45) is 11.7 Å². The van der Waals surface area contributed by atoms with Crippen LogP contribution in [0, 0.1) is 5.92 Å². The molecular formula is C9H17ClN4O2S. The van der Waals surface area contributed by atoms with Crippen LogP contribution < -0.4 is 5.73 Å². The van der Waals surface area contributed by atoms with Gasteiger partial charge in [-0.1, -0.05) is 0 Å². The van der Waals surface area contributed by atoms with Crippen molar-refractivity contribution >= 4 is 22.4 Å². The minimum atomic E-state index is -3.38. The number of H-pyrrole nitrogens is 1. The molecule has 0 aliphatic carbocycles. The summed E-state index contributed by atoms with van der Waals surface area (Å²) < 4.78 is 25.6. The van der Waals surface area contributed by atoms with Gasteiger partial charge in [0.1, 0.15) is 0 Å². The molecule has 3 N–H and O–H groups in total. The Labute approximate surface area is 107 Å². The molecule has 2 rings (SSSR count). The van der Waals surface area contributed by atoms with E-state index in [-0.39, 0.29) is 17.4 Å². The van der Waals surface area contributed by atoms with Crippen molar-refractivity contribution in [2.45, 2.75) is 17.9 Å². The number of sulfonamides is 1. The van der Waals surface area contributed by atoms with E-state index >= 15 is 0 Å². The molecule has 17 heavy (non-hydrogen) atoms. The lowest BCUT2D eigenvalue weighted by molar-refractivity contribution is 0.278. The van der Waals surface area contributed by atoms with Crippen molar-refractivity contribution in [3.63, 3.8) is 0 Å². The largest absolute Gasteiger partial charge is 0.335 e. The molecule has 98 valence electrons. The van der Waals surface area contributed by atoms with E-state index in [1.54, 1.807) is 0 Å². The maximum Gasteiger partial charge on any atom is 0.260 e. The smallest absolute Gasteiger partial charge is 0.260 e. The predicted octanol–water partition coefficient (Wildman–Crippen LogP) is 0.191. The van der Waals surface area contributed by atoms with Gasteiger partial charge in [0.15, 0.2) is 5.03 Å². The van der Waals surface area contributed by atoms with Gasteiger partial charge in [-0.3, -0.25) is 0 Å². The lowest BCUT2D eigenvalue weighted by Gasteiger charge is -2.29. The zero-order valence-corrected chi connectivity index (χ0v) is 11.0. The van der Waals surface area contributed by atoms with Crippen LogP contribution in [0.3, 0.4) is 0 Å². The van der Waals surface area contributed by atoms with Gasteiger partial charge >= 0.3 is 0 Å².